The lowest BCUT2D eigenvalue weighted by Gasteiger charge is -2.22. The van der Waals surface area contributed by atoms with Crippen molar-refractivity contribution in [1.29, 1.82) is 0 Å². The Bertz CT molecular complexity index is 657. The van der Waals surface area contributed by atoms with Crippen LogP contribution >= 0.6 is 23.5 Å². The van der Waals surface area contributed by atoms with Gasteiger partial charge in [0, 0.05) is 21.9 Å². The van der Waals surface area contributed by atoms with E-state index in [9.17, 15) is 0 Å². The molecule has 0 bridgehead atoms. The van der Waals surface area contributed by atoms with Gasteiger partial charge in [-0.25, -0.2) is 0 Å². The fourth-order valence-electron chi connectivity index (χ4n) is 1.96. The summed E-state index contributed by atoms with van der Waals surface area (Å²) in [6.07, 6.45) is 6.69. The number of benzene rings is 1. The number of nitrogens with zero attached hydrogens (tertiary/aromatic N) is 1. The highest BCUT2D eigenvalue weighted by Crippen LogP contribution is 2.37. The van der Waals surface area contributed by atoms with Gasteiger partial charge in [0.15, 0.2) is 0 Å². The molecule has 0 fully saturated rings. The van der Waals surface area contributed by atoms with Crippen LogP contribution in [0.5, 0.6) is 0 Å². The first-order chi connectivity index (χ1) is 10.2. The molecular formula is C17H17ClN2S. The summed E-state index contributed by atoms with van der Waals surface area (Å²) in [5.41, 5.74) is 3.59. The Morgan fingerprint density at radius 2 is 2.19 bits per heavy atom. The molecule has 0 saturated heterocycles. The fraction of sp³-hybridized carbons (Fsp3) is 0.118. The molecule has 1 N–H and O–H groups in total. The first kappa shape index (κ1) is 15.7. The number of fused-ring (bicyclic) bond motifs is 1. The van der Waals surface area contributed by atoms with Crippen LogP contribution < -0.4 is 4.72 Å². The maximum atomic E-state index is 6.34. The topological polar surface area (TPSA) is 24.4 Å². The van der Waals surface area contributed by atoms with Crippen molar-refractivity contribution in [2.45, 2.75) is 18.2 Å². The molecule has 0 amide bonds. The Kier molecular flexibility index (Phi) is 5.48. The molecule has 2 nitrogen and oxygen atoms in total. The van der Waals surface area contributed by atoms with Crippen LogP contribution in [0.3, 0.4) is 0 Å². The van der Waals surface area contributed by atoms with Crippen LogP contribution in [0.4, 0.5) is 0 Å². The molecule has 108 valence electrons. The standard InChI is InChI=1S/C17H17ClN2S/c1-4-5-8-13(18)11-15-14-9-6-7-10-16(14)21-20-17(15)12(2)19-3/h4-7,9-11,20H,2-3,8H2,1H3/b5-4-,13-11+. The molecule has 0 aromatic heterocycles. The summed E-state index contributed by atoms with van der Waals surface area (Å²) in [5, 5.41) is 0.765. The van der Waals surface area contributed by atoms with Crippen molar-refractivity contribution in [2.75, 3.05) is 0 Å². The molecule has 1 aliphatic rings. The van der Waals surface area contributed by atoms with E-state index in [1.165, 1.54) is 0 Å². The van der Waals surface area contributed by atoms with Gasteiger partial charge in [0.25, 0.3) is 0 Å². The van der Waals surface area contributed by atoms with E-state index in [1.54, 1.807) is 11.9 Å². The van der Waals surface area contributed by atoms with E-state index < -0.39 is 0 Å². The van der Waals surface area contributed by atoms with Gasteiger partial charge in [0.1, 0.15) is 0 Å². The van der Waals surface area contributed by atoms with E-state index in [0.717, 1.165) is 26.8 Å². The van der Waals surface area contributed by atoms with Crippen LogP contribution in [0.1, 0.15) is 18.9 Å². The van der Waals surface area contributed by atoms with Crippen molar-refractivity contribution in [3.05, 3.63) is 71.1 Å². The Balaban J connectivity index is 2.53. The van der Waals surface area contributed by atoms with Gasteiger partial charge in [-0.05, 0) is 43.3 Å². The molecule has 1 aliphatic heterocycles. The first-order valence-electron chi connectivity index (χ1n) is 6.57. The number of halogens is 1. The van der Waals surface area contributed by atoms with Crippen LogP contribution in [0.2, 0.25) is 0 Å². The number of hydrogen-bond donors (Lipinski definition) is 1. The highest BCUT2D eigenvalue weighted by atomic mass is 35.5. The summed E-state index contributed by atoms with van der Waals surface area (Å²) in [4.78, 5) is 5.09. The molecule has 0 atom stereocenters. The fourth-order valence-corrected chi connectivity index (χ4v) is 3.04. The molecular weight excluding hydrogens is 300 g/mol. The Morgan fingerprint density at radius 3 is 2.90 bits per heavy atom. The highest BCUT2D eigenvalue weighted by Gasteiger charge is 2.19. The van der Waals surface area contributed by atoms with Crippen molar-refractivity contribution in [2.24, 2.45) is 4.99 Å². The van der Waals surface area contributed by atoms with Gasteiger partial charge >= 0.3 is 0 Å². The molecule has 4 heteroatoms. The van der Waals surface area contributed by atoms with E-state index >= 15 is 0 Å². The zero-order valence-electron chi connectivity index (χ0n) is 11.9. The minimum absolute atomic E-state index is 0.610. The molecule has 0 saturated carbocycles. The van der Waals surface area contributed by atoms with Crippen molar-refractivity contribution in [3.8, 4) is 0 Å². The van der Waals surface area contributed by atoms with Gasteiger partial charge < -0.3 is 4.72 Å². The van der Waals surface area contributed by atoms with Crippen molar-refractivity contribution in [3.63, 3.8) is 0 Å². The molecule has 0 unspecified atom stereocenters. The van der Waals surface area contributed by atoms with Gasteiger partial charge in [0.2, 0.25) is 0 Å². The predicted molar refractivity (Wildman–Crippen MR) is 94.4 cm³/mol. The summed E-state index contributed by atoms with van der Waals surface area (Å²) in [7, 11) is 0. The van der Waals surface area contributed by atoms with Crippen LogP contribution in [-0.2, 0) is 0 Å². The van der Waals surface area contributed by atoms with E-state index in [4.69, 9.17) is 11.6 Å². The minimum atomic E-state index is 0.610. The summed E-state index contributed by atoms with van der Waals surface area (Å²) in [6.45, 7) is 9.48. The largest absolute Gasteiger partial charge is 0.323 e. The molecule has 2 rings (SSSR count). The lowest BCUT2D eigenvalue weighted by atomic mass is 10.0. The minimum Gasteiger partial charge on any atom is -0.323 e. The van der Waals surface area contributed by atoms with Crippen molar-refractivity contribution < 1.29 is 0 Å². The van der Waals surface area contributed by atoms with Crippen molar-refractivity contribution >= 4 is 35.8 Å². The van der Waals surface area contributed by atoms with Crippen LogP contribution in [-0.4, -0.2) is 6.72 Å². The summed E-state index contributed by atoms with van der Waals surface area (Å²) < 4.78 is 3.28. The predicted octanol–water partition coefficient (Wildman–Crippen LogP) is 5.31. The third kappa shape index (κ3) is 3.69. The average Bonchev–Trinajstić information content (AvgIpc) is 2.52. The summed E-state index contributed by atoms with van der Waals surface area (Å²) in [6, 6.07) is 8.18. The smallest absolute Gasteiger partial charge is 0.0797 e. The Hall–Kier alpha value is -1.71. The van der Waals surface area contributed by atoms with E-state index in [2.05, 4.69) is 35.1 Å². The molecule has 0 spiro atoms. The number of nitrogens with one attached hydrogen (secondary N) is 1. The van der Waals surface area contributed by atoms with Crippen LogP contribution in [0.25, 0.3) is 5.57 Å². The maximum Gasteiger partial charge on any atom is 0.0797 e. The second-order valence-corrected chi connectivity index (χ2v) is 5.79. The summed E-state index contributed by atoms with van der Waals surface area (Å²) in [5.74, 6) is 0. The number of hydrogen-bond acceptors (Lipinski definition) is 3. The van der Waals surface area contributed by atoms with E-state index in [1.807, 2.05) is 37.3 Å². The third-order valence-corrected chi connectivity index (χ3v) is 4.18. The third-order valence-electron chi connectivity index (χ3n) is 3.04. The Labute approximate surface area is 135 Å². The van der Waals surface area contributed by atoms with Gasteiger partial charge in [-0.15, -0.1) is 0 Å². The lowest BCUT2D eigenvalue weighted by molar-refractivity contribution is 1.15. The lowest BCUT2D eigenvalue weighted by Crippen LogP contribution is -2.13. The SMILES string of the molecule is C=NC(=C)C1=C(/C=C(/Cl)C/C=C\C)c2ccccc2SN1. The van der Waals surface area contributed by atoms with Gasteiger partial charge in [0.05, 0.1) is 11.4 Å². The monoisotopic (exact) mass is 316 g/mol. The molecule has 1 aromatic carbocycles. The Morgan fingerprint density at radius 1 is 1.43 bits per heavy atom. The van der Waals surface area contributed by atoms with E-state index in [-0.39, 0.29) is 0 Å². The zero-order chi connectivity index (χ0) is 15.2. The molecule has 0 aliphatic carbocycles. The summed E-state index contributed by atoms with van der Waals surface area (Å²) >= 11 is 7.88. The second kappa shape index (κ2) is 7.34. The van der Waals surface area contributed by atoms with Crippen LogP contribution in [0.15, 0.2) is 75.4 Å². The molecule has 1 aromatic rings. The first-order valence-corrected chi connectivity index (χ1v) is 7.76. The van der Waals surface area contributed by atoms with Crippen molar-refractivity contribution in [1.82, 2.24) is 4.72 Å². The van der Waals surface area contributed by atoms with Gasteiger partial charge in [-0.1, -0.05) is 48.5 Å². The molecule has 21 heavy (non-hydrogen) atoms. The number of rotatable bonds is 5. The van der Waals surface area contributed by atoms with E-state index in [0.29, 0.717) is 12.1 Å². The normalized spacial score (nSPS) is 14.9. The van der Waals surface area contributed by atoms with Crippen LogP contribution in [0, 0.1) is 0 Å². The number of allylic oxidation sites excluding steroid dienone is 5. The number of aliphatic imine (C=N–C) groups is 1. The van der Waals surface area contributed by atoms with Gasteiger partial charge in [-0.2, -0.15) is 0 Å². The zero-order valence-corrected chi connectivity index (χ0v) is 13.5. The van der Waals surface area contributed by atoms with Gasteiger partial charge in [-0.3, -0.25) is 4.99 Å². The quantitative estimate of drug-likeness (QED) is 0.452. The molecule has 1 heterocycles. The maximum absolute atomic E-state index is 6.34. The molecule has 0 radical (unpaired) electrons. The average molecular weight is 317 g/mol. The second-order valence-electron chi connectivity index (χ2n) is 4.46. The highest BCUT2D eigenvalue weighted by molar-refractivity contribution is 7.97.